The van der Waals surface area contributed by atoms with E-state index in [0.29, 0.717) is 35.2 Å². The molecule has 0 radical (unpaired) electrons. The molecule has 2 aliphatic rings. The highest BCUT2D eigenvalue weighted by Gasteiger charge is 2.44. The maximum atomic E-state index is 9.93. The average Bonchev–Trinajstić information content (AvgIpc) is 2.59. The summed E-state index contributed by atoms with van der Waals surface area (Å²) >= 11 is 0. The molecule has 2 nitrogen and oxygen atoms in total. The highest BCUT2D eigenvalue weighted by atomic mass is 16.3. The fraction of sp³-hybridized carbons (Fsp3) is 0.455. The lowest BCUT2D eigenvalue weighted by molar-refractivity contribution is 0.238. The maximum Gasteiger partial charge on any atom is 0.115 e. The Morgan fingerprint density at radius 1 is 0.750 bits per heavy atom. The summed E-state index contributed by atoms with van der Waals surface area (Å²) in [5.74, 6) is 3.03. The van der Waals surface area contributed by atoms with Gasteiger partial charge in [0.15, 0.2) is 0 Å². The molecular formula is C22H26O2. The van der Waals surface area contributed by atoms with Crippen LogP contribution >= 0.6 is 0 Å². The molecule has 2 aliphatic carbocycles. The fourth-order valence-corrected chi connectivity index (χ4v) is 5.28. The van der Waals surface area contributed by atoms with Crippen LogP contribution in [0.1, 0.15) is 60.8 Å². The molecule has 0 saturated carbocycles. The van der Waals surface area contributed by atoms with E-state index in [9.17, 15) is 10.2 Å². The molecule has 126 valence electrons. The molecule has 4 unspecified atom stereocenters. The van der Waals surface area contributed by atoms with E-state index in [1.165, 1.54) is 22.3 Å². The summed E-state index contributed by atoms with van der Waals surface area (Å²) in [5, 5.41) is 19.9. The van der Waals surface area contributed by atoms with Crippen molar-refractivity contribution < 1.29 is 10.2 Å². The summed E-state index contributed by atoms with van der Waals surface area (Å²) in [5.41, 5.74) is 5.55. The van der Waals surface area contributed by atoms with Gasteiger partial charge in [-0.1, -0.05) is 38.8 Å². The van der Waals surface area contributed by atoms with Gasteiger partial charge in [-0.05, 0) is 83.0 Å². The third-order valence-corrected chi connectivity index (χ3v) is 6.39. The first-order valence-corrected chi connectivity index (χ1v) is 9.25. The number of hydrogen-bond donors (Lipinski definition) is 2. The van der Waals surface area contributed by atoms with Gasteiger partial charge >= 0.3 is 0 Å². The standard InChI is InChI=1S/C22H26O2/c1-3-13-9-15-11-17(23)6-8-20(15)22-14(4-2)10-16-12-18(24)5-7-19(16)21(13)22/h5-8,11-14,21-24H,3-4,9-10H2,1-2H3. The molecule has 2 aromatic carbocycles. The monoisotopic (exact) mass is 322 g/mol. The maximum absolute atomic E-state index is 9.93. The lowest BCUT2D eigenvalue weighted by Gasteiger charge is -2.47. The van der Waals surface area contributed by atoms with E-state index in [1.807, 2.05) is 24.3 Å². The molecule has 0 aromatic heterocycles. The molecule has 2 N–H and O–H groups in total. The van der Waals surface area contributed by atoms with Crippen LogP contribution < -0.4 is 0 Å². The van der Waals surface area contributed by atoms with Gasteiger partial charge in [0.1, 0.15) is 11.5 Å². The zero-order valence-corrected chi connectivity index (χ0v) is 14.5. The van der Waals surface area contributed by atoms with Crippen LogP contribution in [0.3, 0.4) is 0 Å². The SMILES string of the molecule is CCC1Cc2cc(O)ccc2C2C(CC)Cc3cc(O)ccc3C12. The van der Waals surface area contributed by atoms with E-state index in [0.717, 1.165) is 25.7 Å². The third-order valence-electron chi connectivity index (χ3n) is 6.39. The van der Waals surface area contributed by atoms with E-state index in [2.05, 4.69) is 26.0 Å². The first kappa shape index (κ1) is 15.6. The van der Waals surface area contributed by atoms with E-state index < -0.39 is 0 Å². The van der Waals surface area contributed by atoms with Crippen molar-refractivity contribution in [3.8, 4) is 11.5 Å². The summed E-state index contributed by atoms with van der Waals surface area (Å²) in [6, 6.07) is 12.0. The highest BCUT2D eigenvalue weighted by molar-refractivity contribution is 5.48. The second kappa shape index (κ2) is 5.84. The molecule has 0 saturated heterocycles. The van der Waals surface area contributed by atoms with Gasteiger partial charge in [0.05, 0.1) is 0 Å². The number of aromatic hydroxyl groups is 2. The number of phenolic OH excluding ortho intramolecular Hbond substituents is 2. The van der Waals surface area contributed by atoms with Crippen LogP contribution in [0.2, 0.25) is 0 Å². The van der Waals surface area contributed by atoms with Crippen LogP contribution in [-0.2, 0) is 12.8 Å². The largest absolute Gasteiger partial charge is 0.508 e. The predicted molar refractivity (Wildman–Crippen MR) is 96.7 cm³/mol. The van der Waals surface area contributed by atoms with E-state index >= 15 is 0 Å². The Morgan fingerprint density at radius 2 is 1.17 bits per heavy atom. The van der Waals surface area contributed by atoms with Gasteiger partial charge in [0.2, 0.25) is 0 Å². The number of rotatable bonds is 2. The first-order valence-electron chi connectivity index (χ1n) is 9.25. The predicted octanol–water partition coefficient (Wildman–Crippen LogP) is 5.13. The Labute approximate surface area is 144 Å². The smallest absolute Gasteiger partial charge is 0.115 e. The molecule has 2 heteroatoms. The fourth-order valence-electron chi connectivity index (χ4n) is 5.28. The minimum atomic E-state index is 0.385. The summed E-state index contributed by atoms with van der Waals surface area (Å²) in [6.07, 6.45) is 4.37. The molecule has 2 aromatic rings. The van der Waals surface area contributed by atoms with Crippen molar-refractivity contribution in [2.75, 3.05) is 0 Å². The summed E-state index contributed by atoms with van der Waals surface area (Å²) in [7, 11) is 0. The minimum Gasteiger partial charge on any atom is -0.508 e. The van der Waals surface area contributed by atoms with Crippen LogP contribution in [0.5, 0.6) is 11.5 Å². The number of hydrogen-bond acceptors (Lipinski definition) is 2. The van der Waals surface area contributed by atoms with Crippen LogP contribution in [0, 0.1) is 11.8 Å². The van der Waals surface area contributed by atoms with Crippen molar-refractivity contribution >= 4 is 0 Å². The zero-order chi connectivity index (χ0) is 16.8. The normalized spacial score (nSPS) is 27.9. The summed E-state index contributed by atoms with van der Waals surface area (Å²) in [6.45, 7) is 4.57. The molecule has 0 fully saturated rings. The van der Waals surface area contributed by atoms with Crippen molar-refractivity contribution in [1.82, 2.24) is 0 Å². The van der Waals surface area contributed by atoms with E-state index in [-0.39, 0.29) is 0 Å². The molecule has 0 bridgehead atoms. The number of phenols is 2. The lowest BCUT2D eigenvalue weighted by atomic mass is 9.57. The molecule has 24 heavy (non-hydrogen) atoms. The van der Waals surface area contributed by atoms with Crippen LogP contribution in [0.4, 0.5) is 0 Å². The molecular weight excluding hydrogens is 296 g/mol. The molecule has 0 heterocycles. The first-order chi connectivity index (χ1) is 11.6. The molecule has 4 atom stereocenters. The Kier molecular flexibility index (Phi) is 3.79. The third kappa shape index (κ3) is 2.31. The van der Waals surface area contributed by atoms with Gasteiger partial charge in [0.25, 0.3) is 0 Å². The number of benzene rings is 2. The van der Waals surface area contributed by atoms with E-state index in [1.54, 1.807) is 0 Å². The van der Waals surface area contributed by atoms with Crippen LogP contribution in [-0.4, -0.2) is 10.2 Å². The Balaban J connectivity index is 1.90. The number of fused-ring (bicyclic) bond motifs is 5. The second-order valence-corrected chi connectivity index (χ2v) is 7.56. The molecule has 0 amide bonds. The van der Waals surface area contributed by atoms with Crippen LogP contribution in [0.25, 0.3) is 0 Å². The van der Waals surface area contributed by atoms with Gasteiger partial charge in [0, 0.05) is 0 Å². The highest BCUT2D eigenvalue weighted by Crippen LogP contribution is 2.55. The minimum absolute atomic E-state index is 0.385. The Hall–Kier alpha value is -1.96. The van der Waals surface area contributed by atoms with Gasteiger partial charge in [-0.3, -0.25) is 0 Å². The molecule has 0 aliphatic heterocycles. The van der Waals surface area contributed by atoms with Crippen molar-refractivity contribution in [1.29, 1.82) is 0 Å². The van der Waals surface area contributed by atoms with Gasteiger partial charge < -0.3 is 10.2 Å². The van der Waals surface area contributed by atoms with Gasteiger partial charge in [-0.2, -0.15) is 0 Å². The Bertz CT molecular complexity index is 699. The van der Waals surface area contributed by atoms with Crippen LogP contribution in [0.15, 0.2) is 36.4 Å². The van der Waals surface area contributed by atoms with Gasteiger partial charge in [-0.15, -0.1) is 0 Å². The van der Waals surface area contributed by atoms with Crippen molar-refractivity contribution in [3.05, 3.63) is 58.7 Å². The van der Waals surface area contributed by atoms with Crippen molar-refractivity contribution in [3.63, 3.8) is 0 Å². The zero-order valence-electron chi connectivity index (χ0n) is 14.5. The quantitative estimate of drug-likeness (QED) is 0.804. The second-order valence-electron chi connectivity index (χ2n) is 7.56. The van der Waals surface area contributed by atoms with Gasteiger partial charge in [-0.25, -0.2) is 0 Å². The summed E-state index contributed by atoms with van der Waals surface area (Å²) < 4.78 is 0. The van der Waals surface area contributed by atoms with Crippen molar-refractivity contribution in [2.24, 2.45) is 11.8 Å². The van der Waals surface area contributed by atoms with Crippen molar-refractivity contribution in [2.45, 2.75) is 51.4 Å². The van der Waals surface area contributed by atoms with E-state index in [4.69, 9.17) is 0 Å². The topological polar surface area (TPSA) is 40.5 Å². The average molecular weight is 322 g/mol. The Morgan fingerprint density at radius 3 is 1.54 bits per heavy atom. The molecule has 4 rings (SSSR count). The molecule has 0 spiro atoms. The summed E-state index contributed by atoms with van der Waals surface area (Å²) in [4.78, 5) is 0. The lowest BCUT2D eigenvalue weighted by Crippen LogP contribution is -2.36.